The zero-order valence-electron chi connectivity index (χ0n) is 28.8. The van der Waals surface area contributed by atoms with E-state index in [0.717, 1.165) is 11.3 Å². The Kier molecular flexibility index (Phi) is 13.6. The number of nitrogens with zero attached hydrogens (tertiary/aromatic N) is 3. The number of methoxy groups -OCH3 is 1. The van der Waals surface area contributed by atoms with Crippen LogP contribution in [0, 0.1) is 16.0 Å². The van der Waals surface area contributed by atoms with Gasteiger partial charge in [0.25, 0.3) is 11.6 Å². The summed E-state index contributed by atoms with van der Waals surface area (Å²) in [4.78, 5) is 41.5. The summed E-state index contributed by atoms with van der Waals surface area (Å²) in [6, 6.07) is 11.2. The lowest BCUT2D eigenvalue weighted by atomic mass is 10.0. The first-order valence-corrected chi connectivity index (χ1v) is 15.9. The molecule has 0 bridgehead atoms. The van der Waals surface area contributed by atoms with Crippen LogP contribution in [0.5, 0.6) is 11.5 Å². The van der Waals surface area contributed by atoms with Crippen LogP contribution in [0.15, 0.2) is 54.6 Å². The molecule has 0 saturated heterocycles. The summed E-state index contributed by atoms with van der Waals surface area (Å²) >= 11 is 0. The molecule has 0 N–H and O–H groups in total. The molecule has 258 valence electrons. The number of hydrogen-bond donors (Lipinski definition) is 0. The van der Waals surface area contributed by atoms with Crippen molar-refractivity contribution in [3.05, 3.63) is 75.9 Å². The fraction of sp³-hybridized carbons (Fsp3) is 0.543. The molecule has 0 fully saturated rings. The molecule has 12 nitrogen and oxygen atoms in total. The molecular formula is C35H49N3O9. The van der Waals surface area contributed by atoms with Crippen LogP contribution in [0.1, 0.15) is 63.9 Å². The average molecular weight is 656 g/mol. The van der Waals surface area contributed by atoms with Crippen LogP contribution >= 0.6 is 0 Å². The van der Waals surface area contributed by atoms with Crippen molar-refractivity contribution >= 4 is 17.7 Å². The predicted octanol–water partition coefficient (Wildman–Crippen LogP) is 6.27. The smallest absolute Gasteiger partial charge is 0.410 e. The lowest BCUT2D eigenvalue weighted by molar-refractivity contribution is -0.384. The largest absolute Gasteiger partial charge is 0.497 e. The van der Waals surface area contributed by atoms with Crippen molar-refractivity contribution in [1.82, 2.24) is 9.80 Å². The summed E-state index contributed by atoms with van der Waals surface area (Å²) in [7, 11) is 3.25. The van der Waals surface area contributed by atoms with Gasteiger partial charge in [-0.15, -0.1) is 0 Å². The maximum absolute atomic E-state index is 14.4. The Morgan fingerprint density at radius 1 is 1.15 bits per heavy atom. The summed E-state index contributed by atoms with van der Waals surface area (Å²) in [5, 5.41) is 11.7. The molecule has 0 aromatic heterocycles. The van der Waals surface area contributed by atoms with Crippen LogP contribution in [-0.4, -0.2) is 91.0 Å². The number of likely N-dealkylation sites (N-methyl/N-ethyl adjacent to an activating group) is 1. The van der Waals surface area contributed by atoms with Crippen molar-refractivity contribution in [2.75, 3.05) is 40.5 Å². The lowest BCUT2D eigenvalue weighted by Gasteiger charge is -2.36. The first-order chi connectivity index (χ1) is 22.2. The number of ether oxygens (including phenoxy) is 5. The second-order valence-electron chi connectivity index (χ2n) is 13.0. The molecule has 4 atom stereocenters. The molecular weight excluding hydrogens is 606 g/mol. The van der Waals surface area contributed by atoms with E-state index in [1.54, 1.807) is 39.8 Å². The van der Waals surface area contributed by atoms with E-state index in [1.807, 2.05) is 57.2 Å². The molecule has 1 aliphatic rings. The van der Waals surface area contributed by atoms with E-state index in [2.05, 4.69) is 0 Å². The molecule has 12 heteroatoms. The van der Waals surface area contributed by atoms with Gasteiger partial charge in [-0.05, 0) is 58.4 Å². The quantitative estimate of drug-likeness (QED) is 0.174. The second-order valence-corrected chi connectivity index (χ2v) is 13.0. The van der Waals surface area contributed by atoms with Gasteiger partial charge in [-0.25, -0.2) is 4.79 Å². The third-order valence-corrected chi connectivity index (χ3v) is 7.63. The number of carbonyl (C=O) groups excluding carboxylic acids is 2. The van der Waals surface area contributed by atoms with Crippen LogP contribution in [0.25, 0.3) is 0 Å². The van der Waals surface area contributed by atoms with Crippen LogP contribution in [0.4, 0.5) is 10.5 Å². The Balaban J connectivity index is 1.95. The van der Waals surface area contributed by atoms with E-state index < -0.39 is 34.7 Å². The standard InChI is InChI=1S/C35H49N3O9/c1-24-20-37(25(2)22-44-23-27-12-15-29(43-8)16-13-27)33(39)30-19-28(38(41)42)14-17-31(30)46-26(3)11-9-10-18-45-32(24)21-36(7)34(40)47-35(4,5)6/h9-10,12-17,19,24-26,32H,11,18,20-23H2,1-8H3/b10-9+/t24-,25-,26+,32-/m1/s1. The molecule has 1 heterocycles. The third-order valence-electron chi connectivity index (χ3n) is 7.63. The molecule has 47 heavy (non-hydrogen) atoms. The molecule has 0 aliphatic carbocycles. The number of amides is 2. The number of nitro groups is 1. The lowest BCUT2D eigenvalue weighted by Crippen LogP contribution is -2.48. The van der Waals surface area contributed by atoms with Gasteiger partial charge in [0, 0.05) is 38.1 Å². The highest BCUT2D eigenvalue weighted by Crippen LogP contribution is 2.29. The van der Waals surface area contributed by atoms with E-state index >= 15 is 0 Å². The minimum atomic E-state index is -0.664. The zero-order chi connectivity index (χ0) is 34.7. The number of non-ortho nitro benzene ring substituents is 1. The summed E-state index contributed by atoms with van der Waals surface area (Å²) in [5.41, 5.74) is 0.146. The molecule has 0 saturated carbocycles. The fourth-order valence-corrected chi connectivity index (χ4v) is 4.99. The van der Waals surface area contributed by atoms with Gasteiger partial charge in [0.1, 0.15) is 17.1 Å². The first-order valence-electron chi connectivity index (χ1n) is 15.9. The molecule has 0 spiro atoms. The topological polar surface area (TPSA) is 130 Å². The molecule has 0 unspecified atom stereocenters. The van der Waals surface area contributed by atoms with Crippen molar-refractivity contribution in [1.29, 1.82) is 0 Å². The monoisotopic (exact) mass is 655 g/mol. The fourth-order valence-electron chi connectivity index (χ4n) is 4.99. The van der Waals surface area contributed by atoms with E-state index in [4.69, 9.17) is 23.7 Å². The Bertz CT molecular complexity index is 1370. The third kappa shape index (κ3) is 11.5. The molecule has 2 aromatic carbocycles. The van der Waals surface area contributed by atoms with Gasteiger partial charge in [0.2, 0.25) is 0 Å². The predicted molar refractivity (Wildman–Crippen MR) is 178 cm³/mol. The molecule has 3 rings (SSSR count). The van der Waals surface area contributed by atoms with Gasteiger partial charge < -0.3 is 33.5 Å². The van der Waals surface area contributed by atoms with E-state index in [9.17, 15) is 19.7 Å². The highest BCUT2D eigenvalue weighted by atomic mass is 16.6. The number of benzene rings is 2. The van der Waals surface area contributed by atoms with Crippen molar-refractivity contribution in [2.24, 2.45) is 5.92 Å². The van der Waals surface area contributed by atoms with Crippen LogP contribution in [0.3, 0.4) is 0 Å². The second kappa shape index (κ2) is 17.1. The van der Waals surface area contributed by atoms with Crippen LogP contribution in [0.2, 0.25) is 0 Å². The molecule has 2 aromatic rings. The normalized spacial score (nSPS) is 20.6. The highest BCUT2D eigenvalue weighted by molar-refractivity contribution is 5.98. The van der Waals surface area contributed by atoms with Crippen molar-refractivity contribution in [3.63, 3.8) is 0 Å². The van der Waals surface area contributed by atoms with Crippen molar-refractivity contribution < 1.29 is 38.2 Å². The summed E-state index contributed by atoms with van der Waals surface area (Å²) in [6.07, 6.45) is 3.06. The van der Waals surface area contributed by atoms with Gasteiger partial charge in [-0.1, -0.05) is 31.2 Å². The number of nitro benzene ring substituents is 1. The zero-order valence-corrected chi connectivity index (χ0v) is 28.8. The Morgan fingerprint density at radius 2 is 1.85 bits per heavy atom. The SMILES string of the molecule is COc1ccc(COC[C@@H](C)N2C[C@@H](C)[C@@H](CN(C)C(=O)OC(C)(C)C)OC/C=C/C[C@H](C)Oc3ccc([N+](=O)[O-])cc3C2=O)cc1. The van der Waals surface area contributed by atoms with E-state index in [0.29, 0.717) is 19.6 Å². The van der Waals surface area contributed by atoms with Gasteiger partial charge in [0.05, 0.1) is 62.2 Å². The van der Waals surface area contributed by atoms with Gasteiger partial charge in [0.15, 0.2) is 0 Å². The van der Waals surface area contributed by atoms with E-state index in [-0.39, 0.29) is 48.7 Å². The number of carbonyl (C=O) groups is 2. The minimum Gasteiger partial charge on any atom is -0.497 e. The maximum Gasteiger partial charge on any atom is 0.410 e. The highest BCUT2D eigenvalue weighted by Gasteiger charge is 2.32. The average Bonchev–Trinajstić information content (AvgIpc) is 3.01. The van der Waals surface area contributed by atoms with Crippen LogP contribution < -0.4 is 9.47 Å². The van der Waals surface area contributed by atoms with E-state index in [1.165, 1.54) is 23.1 Å². The molecule has 1 aliphatic heterocycles. The number of fused-ring (bicyclic) bond motifs is 1. The summed E-state index contributed by atoms with van der Waals surface area (Å²) in [6.45, 7) is 12.3. The van der Waals surface area contributed by atoms with Gasteiger partial charge in [-0.3, -0.25) is 14.9 Å². The van der Waals surface area contributed by atoms with Crippen LogP contribution in [-0.2, 0) is 20.8 Å². The van der Waals surface area contributed by atoms with Gasteiger partial charge in [-0.2, -0.15) is 0 Å². The molecule has 0 radical (unpaired) electrons. The summed E-state index contributed by atoms with van der Waals surface area (Å²) in [5.74, 6) is 0.294. The number of hydrogen-bond acceptors (Lipinski definition) is 9. The molecule has 2 amide bonds. The summed E-state index contributed by atoms with van der Waals surface area (Å²) < 4.78 is 29.3. The first kappa shape index (κ1) is 37.3. The Morgan fingerprint density at radius 3 is 2.49 bits per heavy atom. The van der Waals surface area contributed by atoms with Crippen molar-refractivity contribution in [2.45, 2.75) is 78.4 Å². The van der Waals surface area contributed by atoms with Crippen molar-refractivity contribution in [3.8, 4) is 11.5 Å². The minimum absolute atomic E-state index is 0.0876. The number of rotatable bonds is 9. The van der Waals surface area contributed by atoms with Gasteiger partial charge >= 0.3 is 6.09 Å². The Hall–Kier alpha value is -4.16. The maximum atomic E-state index is 14.4. The Labute approximate surface area is 277 Å².